The molecule has 30 heavy (non-hydrogen) atoms. The fourth-order valence-electron chi connectivity index (χ4n) is 3.78. The van der Waals surface area contributed by atoms with Gasteiger partial charge in [-0.2, -0.15) is 0 Å². The number of benzene rings is 2. The van der Waals surface area contributed by atoms with Crippen molar-refractivity contribution in [2.45, 2.75) is 46.1 Å². The van der Waals surface area contributed by atoms with Crippen LogP contribution >= 0.6 is 0 Å². The lowest BCUT2D eigenvalue weighted by Crippen LogP contribution is -2.23. The van der Waals surface area contributed by atoms with Gasteiger partial charge in [0.05, 0.1) is 17.8 Å². The number of carbonyl (C=O) groups is 1. The zero-order chi connectivity index (χ0) is 20.9. The van der Waals surface area contributed by atoms with Crippen molar-refractivity contribution in [3.05, 3.63) is 59.8 Å². The van der Waals surface area contributed by atoms with Crippen molar-refractivity contribution in [2.24, 2.45) is 0 Å². The Morgan fingerprint density at radius 3 is 2.77 bits per heavy atom. The number of hydrogen-bond donors (Lipinski definition) is 0. The monoisotopic (exact) mass is 404 g/mol. The number of unbranched alkanes of at least 4 members (excludes halogenated alkanes) is 1. The first-order valence-electron chi connectivity index (χ1n) is 10.7. The molecule has 1 fully saturated rings. The third-order valence-electron chi connectivity index (χ3n) is 5.50. The van der Waals surface area contributed by atoms with Gasteiger partial charge in [-0.3, -0.25) is 4.79 Å². The second-order valence-electron chi connectivity index (χ2n) is 7.67. The van der Waals surface area contributed by atoms with Gasteiger partial charge in [0.1, 0.15) is 18.1 Å². The molecule has 2 heterocycles. The van der Waals surface area contributed by atoms with Crippen LogP contribution in [0.5, 0.6) is 11.5 Å². The van der Waals surface area contributed by atoms with Gasteiger partial charge in [-0.25, -0.2) is 4.98 Å². The van der Waals surface area contributed by atoms with Crippen LogP contribution in [-0.4, -0.2) is 24.0 Å². The van der Waals surface area contributed by atoms with E-state index in [4.69, 9.17) is 14.5 Å². The number of rotatable bonds is 8. The summed E-state index contributed by atoms with van der Waals surface area (Å²) in [6.45, 7) is 6.00. The average molecular weight is 405 g/mol. The van der Waals surface area contributed by atoms with Gasteiger partial charge >= 0.3 is 0 Å². The molecule has 4 rings (SSSR count). The van der Waals surface area contributed by atoms with E-state index in [9.17, 15) is 4.79 Å². The summed E-state index contributed by atoms with van der Waals surface area (Å²) in [6.07, 6.45) is 3.63. The Balaban J connectivity index is 1.57. The zero-order valence-corrected chi connectivity index (χ0v) is 17.7. The van der Waals surface area contributed by atoms with Gasteiger partial charge in [-0.05, 0) is 44.0 Å². The van der Waals surface area contributed by atoms with Crippen LogP contribution in [0.15, 0.2) is 48.5 Å². The van der Waals surface area contributed by atoms with E-state index in [2.05, 4.69) is 13.0 Å². The SMILES string of the molecule is CCCCOc1c(C)c(COc2cccc(N3CCCC3=O)c2)nc2ccccc12. The Morgan fingerprint density at radius 2 is 1.97 bits per heavy atom. The summed E-state index contributed by atoms with van der Waals surface area (Å²) in [6, 6.07) is 15.8. The van der Waals surface area contributed by atoms with Crippen molar-refractivity contribution in [3.63, 3.8) is 0 Å². The summed E-state index contributed by atoms with van der Waals surface area (Å²) in [4.78, 5) is 18.7. The number of amides is 1. The maximum atomic E-state index is 12.0. The lowest BCUT2D eigenvalue weighted by Gasteiger charge is -2.18. The molecule has 3 aromatic rings. The molecule has 0 radical (unpaired) electrons. The highest BCUT2D eigenvalue weighted by Gasteiger charge is 2.22. The van der Waals surface area contributed by atoms with Crippen LogP contribution in [0.25, 0.3) is 10.9 Å². The standard InChI is InChI=1S/C25H28N2O3/c1-3-4-15-29-25-18(2)23(26-22-12-6-5-11-21(22)25)17-30-20-10-7-9-19(16-20)27-14-8-13-24(27)28/h5-7,9-12,16H,3-4,8,13-15,17H2,1-2H3. The van der Waals surface area contributed by atoms with E-state index in [-0.39, 0.29) is 5.91 Å². The first-order valence-corrected chi connectivity index (χ1v) is 10.7. The molecule has 0 atom stereocenters. The molecule has 1 amide bonds. The Hall–Kier alpha value is -3.08. The molecule has 0 spiro atoms. The highest BCUT2D eigenvalue weighted by Crippen LogP contribution is 2.32. The molecule has 0 saturated carbocycles. The predicted molar refractivity (Wildman–Crippen MR) is 119 cm³/mol. The van der Waals surface area contributed by atoms with Crippen LogP contribution in [-0.2, 0) is 11.4 Å². The lowest BCUT2D eigenvalue weighted by atomic mass is 10.1. The Kier molecular flexibility index (Phi) is 6.17. The third-order valence-corrected chi connectivity index (χ3v) is 5.50. The fraction of sp³-hybridized carbons (Fsp3) is 0.360. The Morgan fingerprint density at radius 1 is 1.10 bits per heavy atom. The number of carbonyl (C=O) groups excluding carboxylic acids is 1. The van der Waals surface area contributed by atoms with Crippen molar-refractivity contribution in [1.29, 1.82) is 0 Å². The van der Waals surface area contributed by atoms with Crippen LogP contribution in [0.4, 0.5) is 5.69 Å². The van der Waals surface area contributed by atoms with Crippen LogP contribution in [0, 0.1) is 6.92 Å². The van der Waals surface area contributed by atoms with E-state index >= 15 is 0 Å². The van der Waals surface area contributed by atoms with Crippen LogP contribution in [0.1, 0.15) is 43.9 Å². The van der Waals surface area contributed by atoms with E-state index in [1.165, 1.54) is 0 Å². The summed E-state index contributed by atoms with van der Waals surface area (Å²) in [5, 5.41) is 1.03. The molecule has 0 N–H and O–H groups in total. The minimum absolute atomic E-state index is 0.174. The Labute approximate surface area is 177 Å². The maximum Gasteiger partial charge on any atom is 0.227 e. The first-order chi connectivity index (χ1) is 14.7. The van der Waals surface area contributed by atoms with Crippen LogP contribution in [0.2, 0.25) is 0 Å². The van der Waals surface area contributed by atoms with Gasteiger partial charge in [-0.1, -0.05) is 31.5 Å². The van der Waals surface area contributed by atoms with Gasteiger partial charge in [0.25, 0.3) is 0 Å². The average Bonchev–Trinajstić information content (AvgIpc) is 3.20. The van der Waals surface area contributed by atoms with Crippen molar-refractivity contribution in [1.82, 2.24) is 4.98 Å². The molecule has 1 aliphatic rings. The molecule has 5 nitrogen and oxygen atoms in total. The minimum atomic E-state index is 0.174. The molecule has 0 bridgehead atoms. The molecule has 1 aliphatic heterocycles. The highest BCUT2D eigenvalue weighted by molar-refractivity contribution is 5.95. The number of pyridine rings is 1. The van der Waals surface area contributed by atoms with Crippen molar-refractivity contribution >= 4 is 22.5 Å². The quantitative estimate of drug-likeness (QED) is 0.470. The molecular weight excluding hydrogens is 376 g/mol. The summed E-state index contributed by atoms with van der Waals surface area (Å²) in [5.74, 6) is 1.80. The molecular formula is C25H28N2O3. The number of ether oxygens (including phenoxy) is 2. The second-order valence-corrected chi connectivity index (χ2v) is 7.67. The summed E-state index contributed by atoms with van der Waals surface area (Å²) >= 11 is 0. The van der Waals surface area contributed by atoms with Gasteiger partial charge in [0, 0.05) is 35.7 Å². The predicted octanol–water partition coefficient (Wildman–Crippen LogP) is 5.43. The number of hydrogen-bond acceptors (Lipinski definition) is 4. The number of aromatic nitrogens is 1. The number of nitrogens with zero attached hydrogens (tertiary/aromatic N) is 2. The number of para-hydroxylation sites is 1. The molecule has 1 aromatic heterocycles. The second kappa shape index (κ2) is 9.16. The summed E-state index contributed by atoms with van der Waals surface area (Å²) in [7, 11) is 0. The summed E-state index contributed by atoms with van der Waals surface area (Å²) < 4.78 is 12.2. The smallest absolute Gasteiger partial charge is 0.227 e. The molecule has 0 aliphatic carbocycles. The minimum Gasteiger partial charge on any atom is -0.493 e. The van der Waals surface area contributed by atoms with E-state index in [1.54, 1.807) is 0 Å². The van der Waals surface area contributed by atoms with E-state index in [0.29, 0.717) is 19.6 Å². The molecule has 5 heteroatoms. The highest BCUT2D eigenvalue weighted by atomic mass is 16.5. The summed E-state index contributed by atoms with van der Waals surface area (Å²) in [5.41, 5.74) is 3.67. The lowest BCUT2D eigenvalue weighted by molar-refractivity contribution is -0.117. The topological polar surface area (TPSA) is 51.7 Å². The zero-order valence-electron chi connectivity index (χ0n) is 17.7. The fourth-order valence-corrected chi connectivity index (χ4v) is 3.78. The number of anilines is 1. The largest absolute Gasteiger partial charge is 0.493 e. The van der Waals surface area contributed by atoms with Crippen molar-refractivity contribution in [3.8, 4) is 11.5 Å². The van der Waals surface area contributed by atoms with Crippen LogP contribution in [0.3, 0.4) is 0 Å². The van der Waals surface area contributed by atoms with Crippen molar-refractivity contribution in [2.75, 3.05) is 18.1 Å². The maximum absolute atomic E-state index is 12.0. The van der Waals surface area contributed by atoms with E-state index < -0.39 is 0 Å². The van der Waals surface area contributed by atoms with Gasteiger partial charge < -0.3 is 14.4 Å². The third kappa shape index (κ3) is 4.25. The Bertz CT molecular complexity index is 1050. The van der Waals surface area contributed by atoms with Gasteiger partial charge in [-0.15, -0.1) is 0 Å². The van der Waals surface area contributed by atoms with Crippen LogP contribution < -0.4 is 14.4 Å². The van der Waals surface area contributed by atoms with E-state index in [1.807, 2.05) is 54.3 Å². The van der Waals surface area contributed by atoms with E-state index in [0.717, 1.165) is 65.2 Å². The molecule has 156 valence electrons. The molecule has 1 saturated heterocycles. The normalized spacial score (nSPS) is 13.8. The van der Waals surface area contributed by atoms with Gasteiger partial charge in [0.15, 0.2) is 0 Å². The number of fused-ring (bicyclic) bond motifs is 1. The molecule has 2 aromatic carbocycles. The first kappa shape index (κ1) is 20.2. The van der Waals surface area contributed by atoms with Crippen molar-refractivity contribution < 1.29 is 14.3 Å². The molecule has 0 unspecified atom stereocenters. The van der Waals surface area contributed by atoms with Gasteiger partial charge in [0.2, 0.25) is 5.91 Å².